The molecule has 0 fully saturated rings. The van der Waals surface area contributed by atoms with Crippen LogP contribution in [0.5, 0.6) is 5.75 Å². The Kier molecular flexibility index (Phi) is 2.33. The molecule has 0 amide bonds. The molecule has 0 bridgehead atoms. The van der Waals surface area contributed by atoms with Gasteiger partial charge >= 0.3 is 0 Å². The minimum Gasteiger partial charge on any atom is -0.508 e. The molecule has 2 rings (SSSR count). The monoisotopic (exact) mass is 255 g/mol. The van der Waals surface area contributed by atoms with Gasteiger partial charge in [-0.3, -0.25) is 0 Å². The topological polar surface area (TPSA) is 33.1 Å². The van der Waals surface area contributed by atoms with Crippen LogP contribution in [0, 0.1) is 0 Å². The van der Waals surface area contributed by atoms with Crippen LogP contribution in [0.25, 0.3) is 10.4 Å². The lowest BCUT2D eigenvalue weighted by Crippen LogP contribution is -1.70. The van der Waals surface area contributed by atoms with Gasteiger partial charge in [0.05, 0.1) is 4.88 Å². The van der Waals surface area contributed by atoms with E-state index >= 15 is 0 Å². The van der Waals surface area contributed by atoms with E-state index in [1.807, 2.05) is 12.1 Å². The molecular formula is C9H6BrNOS. The van der Waals surface area contributed by atoms with Gasteiger partial charge in [0, 0.05) is 6.20 Å². The molecule has 0 atom stereocenters. The maximum absolute atomic E-state index is 9.09. The molecule has 0 aliphatic rings. The molecule has 1 aromatic carbocycles. The number of hydrogen-bond acceptors (Lipinski definition) is 3. The second kappa shape index (κ2) is 3.47. The molecule has 2 nitrogen and oxygen atoms in total. The van der Waals surface area contributed by atoms with E-state index < -0.39 is 0 Å². The highest BCUT2D eigenvalue weighted by atomic mass is 79.9. The number of thiazole rings is 1. The molecule has 0 unspecified atom stereocenters. The third kappa shape index (κ3) is 1.89. The predicted molar refractivity (Wildman–Crippen MR) is 56.9 cm³/mol. The van der Waals surface area contributed by atoms with Crippen LogP contribution >= 0.6 is 27.3 Å². The number of phenols is 1. The van der Waals surface area contributed by atoms with Crippen LogP contribution in [0.1, 0.15) is 0 Å². The van der Waals surface area contributed by atoms with Gasteiger partial charge in [-0.1, -0.05) is 0 Å². The van der Waals surface area contributed by atoms with E-state index in [4.69, 9.17) is 5.11 Å². The Morgan fingerprint density at radius 2 is 1.92 bits per heavy atom. The van der Waals surface area contributed by atoms with E-state index in [0.717, 1.165) is 14.4 Å². The van der Waals surface area contributed by atoms with E-state index in [9.17, 15) is 0 Å². The molecule has 0 saturated heterocycles. The summed E-state index contributed by atoms with van der Waals surface area (Å²) < 4.78 is 0.871. The number of phenolic OH excluding ortho intramolecular Hbond substituents is 1. The minimum atomic E-state index is 0.285. The molecule has 0 saturated carbocycles. The first-order valence-corrected chi connectivity index (χ1v) is 5.27. The van der Waals surface area contributed by atoms with Crippen molar-refractivity contribution in [1.29, 1.82) is 0 Å². The third-order valence-electron chi connectivity index (χ3n) is 1.63. The second-order valence-corrected chi connectivity index (χ2v) is 4.83. The van der Waals surface area contributed by atoms with Crippen molar-refractivity contribution in [2.24, 2.45) is 0 Å². The summed E-state index contributed by atoms with van der Waals surface area (Å²) in [6.45, 7) is 0. The zero-order valence-electron chi connectivity index (χ0n) is 6.57. The van der Waals surface area contributed by atoms with Crippen LogP contribution in [0.2, 0.25) is 0 Å². The molecular weight excluding hydrogens is 250 g/mol. The Labute approximate surface area is 88.0 Å². The van der Waals surface area contributed by atoms with Gasteiger partial charge in [-0.15, -0.1) is 11.3 Å². The van der Waals surface area contributed by atoms with Crippen molar-refractivity contribution in [3.8, 4) is 16.2 Å². The minimum absolute atomic E-state index is 0.285. The lowest BCUT2D eigenvalue weighted by Gasteiger charge is -1.95. The number of hydrogen-bond donors (Lipinski definition) is 1. The van der Waals surface area contributed by atoms with Crippen molar-refractivity contribution in [2.75, 3.05) is 0 Å². The lowest BCUT2D eigenvalue weighted by molar-refractivity contribution is 0.475. The van der Waals surface area contributed by atoms with Crippen molar-refractivity contribution < 1.29 is 5.11 Å². The van der Waals surface area contributed by atoms with E-state index in [2.05, 4.69) is 20.9 Å². The van der Waals surface area contributed by atoms with Gasteiger partial charge in [0.25, 0.3) is 0 Å². The fourth-order valence-electron chi connectivity index (χ4n) is 1.01. The summed E-state index contributed by atoms with van der Waals surface area (Å²) >= 11 is 4.87. The number of benzene rings is 1. The van der Waals surface area contributed by atoms with Crippen LogP contribution in [-0.4, -0.2) is 10.1 Å². The molecule has 2 aromatic rings. The standard InChI is InChI=1S/C9H6BrNOS/c10-9-11-5-8(13-9)6-1-3-7(12)4-2-6/h1-5,12H. The van der Waals surface area contributed by atoms with Crippen molar-refractivity contribution in [3.05, 3.63) is 34.4 Å². The van der Waals surface area contributed by atoms with Crippen LogP contribution in [-0.2, 0) is 0 Å². The highest BCUT2D eigenvalue weighted by Crippen LogP contribution is 2.29. The van der Waals surface area contributed by atoms with Gasteiger partial charge in [0.15, 0.2) is 3.92 Å². The van der Waals surface area contributed by atoms with Gasteiger partial charge in [-0.2, -0.15) is 0 Å². The maximum atomic E-state index is 9.09. The Morgan fingerprint density at radius 1 is 1.23 bits per heavy atom. The third-order valence-corrected chi connectivity index (χ3v) is 3.15. The number of rotatable bonds is 1. The lowest BCUT2D eigenvalue weighted by atomic mass is 10.2. The fourth-order valence-corrected chi connectivity index (χ4v) is 2.28. The first-order chi connectivity index (χ1) is 6.25. The zero-order valence-corrected chi connectivity index (χ0v) is 8.97. The Hall–Kier alpha value is -0.870. The van der Waals surface area contributed by atoms with Crippen LogP contribution in [0.3, 0.4) is 0 Å². The molecule has 0 radical (unpaired) electrons. The highest BCUT2D eigenvalue weighted by molar-refractivity contribution is 9.11. The summed E-state index contributed by atoms with van der Waals surface area (Å²) in [5.41, 5.74) is 1.07. The highest BCUT2D eigenvalue weighted by Gasteiger charge is 2.01. The van der Waals surface area contributed by atoms with Gasteiger partial charge in [0.1, 0.15) is 5.75 Å². The largest absolute Gasteiger partial charge is 0.508 e. The number of nitrogens with zero attached hydrogens (tertiary/aromatic N) is 1. The number of aromatic hydroxyl groups is 1. The van der Waals surface area contributed by atoms with Gasteiger partial charge in [-0.05, 0) is 45.8 Å². The second-order valence-electron chi connectivity index (χ2n) is 2.52. The smallest absolute Gasteiger partial charge is 0.159 e. The molecule has 66 valence electrons. The van der Waals surface area contributed by atoms with E-state index in [0.29, 0.717) is 0 Å². The summed E-state index contributed by atoms with van der Waals surface area (Å²) in [6, 6.07) is 7.08. The Morgan fingerprint density at radius 3 is 2.46 bits per heavy atom. The predicted octanol–water partition coefficient (Wildman–Crippen LogP) is 3.28. The van der Waals surface area contributed by atoms with Crippen LogP contribution in [0.15, 0.2) is 34.4 Å². The zero-order chi connectivity index (χ0) is 9.26. The first-order valence-electron chi connectivity index (χ1n) is 3.66. The first kappa shape index (κ1) is 8.72. The van der Waals surface area contributed by atoms with Crippen LogP contribution in [0.4, 0.5) is 0 Å². The summed E-state index contributed by atoms with van der Waals surface area (Å²) in [4.78, 5) is 5.18. The summed E-state index contributed by atoms with van der Waals surface area (Å²) in [5, 5.41) is 9.09. The van der Waals surface area contributed by atoms with Crippen molar-refractivity contribution in [1.82, 2.24) is 4.98 Å². The summed E-state index contributed by atoms with van der Waals surface area (Å²) in [5.74, 6) is 0.285. The molecule has 4 heteroatoms. The average Bonchev–Trinajstić information content (AvgIpc) is 2.53. The van der Waals surface area contributed by atoms with E-state index in [-0.39, 0.29) is 5.75 Å². The molecule has 1 N–H and O–H groups in total. The normalized spacial score (nSPS) is 10.2. The van der Waals surface area contributed by atoms with Crippen molar-refractivity contribution in [2.45, 2.75) is 0 Å². The van der Waals surface area contributed by atoms with Gasteiger partial charge < -0.3 is 5.11 Å². The SMILES string of the molecule is Oc1ccc(-c2cnc(Br)s2)cc1. The van der Waals surface area contributed by atoms with Crippen molar-refractivity contribution >= 4 is 27.3 Å². The maximum Gasteiger partial charge on any atom is 0.159 e. The molecule has 1 aromatic heterocycles. The Bertz CT molecular complexity index is 410. The molecule has 13 heavy (non-hydrogen) atoms. The van der Waals surface area contributed by atoms with Crippen molar-refractivity contribution in [3.63, 3.8) is 0 Å². The summed E-state index contributed by atoms with van der Waals surface area (Å²) in [6.07, 6.45) is 1.81. The van der Waals surface area contributed by atoms with Crippen LogP contribution < -0.4 is 0 Å². The van der Waals surface area contributed by atoms with E-state index in [1.165, 1.54) is 0 Å². The molecule has 0 spiro atoms. The van der Waals surface area contributed by atoms with Gasteiger partial charge in [0.2, 0.25) is 0 Å². The van der Waals surface area contributed by atoms with E-state index in [1.54, 1.807) is 29.7 Å². The molecule has 0 aliphatic carbocycles. The number of halogens is 1. The van der Waals surface area contributed by atoms with Gasteiger partial charge in [-0.25, -0.2) is 4.98 Å². The molecule has 0 aliphatic heterocycles. The quantitative estimate of drug-likeness (QED) is 0.849. The number of aromatic nitrogens is 1. The summed E-state index contributed by atoms with van der Waals surface area (Å²) in [7, 11) is 0. The molecule has 1 heterocycles. The Balaban J connectivity index is 2.41. The fraction of sp³-hybridized carbons (Fsp3) is 0. The average molecular weight is 256 g/mol.